The molecule has 4 atom stereocenters. The number of nitrogens with zero attached hydrogens (tertiary/aromatic N) is 5. The maximum absolute atomic E-state index is 16.9. The van der Waals surface area contributed by atoms with Gasteiger partial charge >= 0.3 is 18.2 Å². The van der Waals surface area contributed by atoms with Crippen LogP contribution in [0, 0.1) is 24.6 Å². The molecule has 47 heavy (non-hydrogen) atoms. The zero-order chi connectivity index (χ0) is 33.9. The second-order valence-corrected chi connectivity index (χ2v) is 14.6. The lowest BCUT2D eigenvalue weighted by molar-refractivity contribution is -0.151. The number of likely N-dealkylation sites (tertiary alicyclic amines) is 1. The fourth-order valence-electron chi connectivity index (χ4n) is 7.12. The van der Waals surface area contributed by atoms with E-state index in [2.05, 4.69) is 9.97 Å². The summed E-state index contributed by atoms with van der Waals surface area (Å²) < 4.78 is 72.8. The molecule has 10 nitrogen and oxygen atoms in total. The van der Waals surface area contributed by atoms with Gasteiger partial charge in [0.2, 0.25) is 0 Å². The van der Waals surface area contributed by atoms with Crippen LogP contribution in [-0.4, -0.2) is 61.0 Å². The monoisotopic (exact) mass is 658 g/mol. The molecule has 14 heteroatoms. The minimum Gasteiger partial charge on any atom is -0.461 e. The molecule has 4 heterocycles. The Morgan fingerprint density at radius 3 is 2.34 bits per heavy atom. The van der Waals surface area contributed by atoms with Crippen molar-refractivity contribution >= 4 is 28.8 Å². The van der Waals surface area contributed by atoms with E-state index in [0.29, 0.717) is 16.8 Å². The lowest BCUT2D eigenvalue weighted by Gasteiger charge is -2.30. The largest absolute Gasteiger partial charge is 0.461 e. The van der Waals surface area contributed by atoms with Crippen LogP contribution in [0.25, 0.3) is 22.2 Å². The summed E-state index contributed by atoms with van der Waals surface area (Å²) in [5.74, 6) is -2.76. The van der Waals surface area contributed by atoms with E-state index in [4.69, 9.17) is 20.3 Å². The van der Waals surface area contributed by atoms with Gasteiger partial charge in [0.15, 0.2) is 5.82 Å². The Hall–Kier alpha value is -3.97. The highest BCUT2D eigenvalue weighted by Gasteiger charge is 2.67. The number of nitrogens with two attached hydrogens (primary N) is 1. The first-order valence-corrected chi connectivity index (χ1v) is 16.1. The third kappa shape index (κ3) is 5.46. The molecule has 4 aliphatic rings. The van der Waals surface area contributed by atoms with E-state index in [1.807, 2.05) is 13.8 Å². The van der Waals surface area contributed by atoms with E-state index in [-0.39, 0.29) is 59.4 Å². The Kier molecular flexibility index (Phi) is 7.07. The first kappa shape index (κ1) is 31.6. The standard InChI is InChI=1S/C33H38F4N6O4/c1-13(2)25-22-27(20-18-12-42(31(45)47-32(4,5)6)29(21(18)20)30(44)46-16-9-10-16)41-43(15-7-8-15)28(22)24(34)26(40-25)17-11-19(38)39-14(3)23(17)33(35,36)37/h11,13,15-16,18,20-21,29H,7-10,12H2,1-6H3,(H2,38,39)/t18-,20-,21-,29+/m1/s1. The van der Waals surface area contributed by atoms with Crippen LogP contribution in [0.4, 0.5) is 28.2 Å². The van der Waals surface area contributed by atoms with Gasteiger partial charge in [-0.2, -0.15) is 18.3 Å². The molecule has 0 aromatic carbocycles. The van der Waals surface area contributed by atoms with Crippen LogP contribution in [0.3, 0.4) is 0 Å². The minimum absolute atomic E-state index is 0.0865. The van der Waals surface area contributed by atoms with Gasteiger partial charge in [-0.25, -0.2) is 23.9 Å². The zero-order valence-corrected chi connectivity index (χ0v) is 27.1. The predicted octanol–water partition coefficient (Wildman–Crippen LogP) is 6.65. The van der Waals surface area contributed by atoms with Crippen molar-refractivity contribution in [2.75, 3.05) is 12.3 Å². The van der Waals surface area contributed by atoms with Crippen LogP contribution in [-0.2, 0) is 20.4 Å². The first-order chi connectivity index (χ1) is 22.0. The van der Waals surface area contributed by atoms with Crippen molar-refractivity contribution in [2.24, 2.45) is 11.8 Å². The summed E-state index contributed by atoms with van der Waals surface area (Å²) in [5.41, 5.74) is 3.72. The quantitative estimate of drug-likeness (QED) is 0.231. The number of aromatic nitrogens is 4. The molecule has 1 saturated heterocycles. The molecule has 3 saturated carbocycles. The van der Waals surface area contributed by atoms with E-state index in [1.54, 1.807) is 25.5 Å². The minimum atomic E-state index is -4.83. The lowest BCUT2D eigenvalue weighted by atomic mass is 9.96. The highest BCUT2D eigenvalue weighted by atomic mass is 19.4. The normalized spacial score (nSPS) is 24.2. The number of ether oxygens (including phenoxy) is 2. The molecule has 3 aromatic heterocycles. The summed E-state index contributed by atoms with van der Waals surface area (Å²) in [6.07, 6.45) is -2.61. The van der Waals surface area contributed by atoms with Crippen molar-refractivity contribution in [2.45, 2.75) is 109 Å². The molecule has 1 amide bonds. The highest BCUT2D eigenvalue weighted by molar-refractivity contribution is 5.91. The summed E-state index contributed by atoms with van der Waals surface area (Å²) in [5, 5.41) is 5.37. The van der Waals surface area contributed by atoms with Crippen molar-refractivity contribution in [1.82, 2.24) is 24.6 Å². The Morgan fingerprint density at radius 2 is 1.77 bits per heavy atom. The molecule has 0 radical (unpaired) electrons. The van der Waals surface area contributed by atoms with Gasteiger partial charge in [-0.3, -0.25) is 9.58 Å². The Balaban J connectivity index is 1.37. The SMILES string of the molecule is Cc1nc(N)cc(-c2nc(C(C)C)c3c([C@@H]4[C@H]5CN(C(=O)OC(C)(C)C)[C@H](C(=O)OC6CC6)[C@H]54)nn(C4CC4)c3c2F)c1C(F)(F)F. The summed E-state index contributed by atoms with van der Waals surface area (Å²) in [6.45, 7) is 10.3. The van der Waals surface area contributed by atoms with Crippen LogP contribution >= 0.6 is 0 Å². The van der Waals surface area contributed by atoms with Crippen LogP contribution in [0.5, 0.6) is 0 Å². The van der Waals surface area contributed by atoms with Gasteiger partial charge in [0.1, 0.15) is 34.8 Å². The first-order valence-electron chi connectivity index (χ1n) is 16.1. The zero-order valence-electron chi connectivity index (χ0n) is 27.1. The van der Waals surface area contributed by atoms with Gasteiger partial charge in [0.05, 0.1) is 28.7 Å². The molecule has 7 rings (SSSR count). The molecular weight excluding hydrogens is 620 g/mol. The number of esters is 1. The van der Waals surface area contributed by atoms with Gasteiger partial charge < -0.3 is 15.2 Å². The Labute approximate surface area is 269 Å². The van der Waals surface area contributed by atoms with Crippen molar-refractivity contribution in [1.29, 1.82) is 0 Å². The van der Waals surface area contributed by atoms with Crippen LogP contribution in [0.2, 0.25) is 0 Å². The number of piperidine rings is 1. The molecule has 0 spiro atoms. The number of halogens is 4. The van der Waals surface area contributed by atoms with E-state index in [1.165, 1.54) is 11.8 Å². The number of carbonyl (C=O) groups excluding carboxylic acids is 2. The third-order valence-corrected chi connectivity index (χ3v) is 9.37. The van der Waals surface area contributed by atoms with Crippen molar-refractivity contribution in [3.8, 4) is 11.3 Å². The second kappa shape index (κ2) is 10.5. The number of aryl methyl sites for hydroxylation is 1. The molecule has 4 fully saturated rings. The fourth-order valence-corrected chi connectivity index (χ4v) is 7.12. The van der Waals surface area contributed by atoms with Crippen LogP contribution in [0.1, 0.15) is 101 Å². The van der Waals surface area contributed by atoms with E-state index >= 15 is 4.39 Å². The topological polar surface area (TPSA) is 125 Å². The summed E-state index contributed by atoms with van der Waals surface area (Å²) >= 11 is 0. The third-order valence-electron chi connectivity index (χ3n) is 9.37. The molecule has 2 N–H and O–H groups in total. The number of anilines is 1. The number of hydrogen-bond donors (Lipinski definition) is 1. The van der Waals surface area contributed by atoms with Gasteiger partial charge in [0.25, 0.3) is 0 Å². The summed E-state index contributed by atoms with van der Waals surface area (Å²) in [7, 11) is 0. The molecule has 0 bridgehead atoms. The number of amides is 1. The molecule has 252 valence electrons. The van der Waals surface area contributed by atoms with Crippen LogP contribution in [0.15, 0.2) is 6.07 Å². The van der Waals surface area contributed by atoms with E-state index < -0.39 is 52.5 Å². The maximum atomic E-state index is 16.9. The highest BCUT2D eigenvalue weighted by Crippen LogP contribution is 2.63. The second-order valence-electron chi connectivity index (χ2n) is 14.6. The van der Waals surface area contributed by atoms with E-state index in [0.717, 1.165) is 31.7 Å². The van der Waals surface area contributed by atoms with Crippen molar-refractivity contribution in [3.63, 3.8) is 0 Å². The number of rotatable bonds is 6. The Morgan fingerprint density at radius 1 is 1.09 bits per heavy atom. The molecule has 0 unspecified atom stereocenters. The van der Waals surface area contributed by atoms with Crippen molar-refractivity contribution in [3.05, 3.63) is 34.5 Å². The summed E-state index contributed by atoms with van der Waals surface area (Å²) in [4.78, 5) is 36.5. The van der Waals surface area contributed by atoms with Gasteiger partial charge in [0, 0.05) is 29.3 Å². The number of nitrogen functional groups attached to an aromatic ring is 1. The van der Waals surface area contributed by atoms with Gasteiger partial charge in [-0.05, 0) is 71.3 Å². The molecule has 3 aromatic rings. The fraction of sp³-hybridized carbons (Fsp3) is 0.606. The van der Waals surface area contributed by atoms with E-state index in [9.17, 15) is 22.8 Å². The average molecular weight is 659 g/mol. The number of carbonyl (C=O) groups is 2. The van der Waals surface area contributed by atoms with Gasteiger partial charge in [-0.15, -0.1) is 0 Å². The smallest absolute Gasteiger partial charge is 0.418 e. The molecule has 3 aliphatic carbocycles. The molecule has 1 aliphatic heterocycles. The number of hydrogen-bond acceptors (Lipinski definition) is 8. The summed E-state index contributed by atoms with van der Waals surface area (Å²) in [6, 6.07) is -0.0178. The van der Waals surface area contributed by atoms with Crippen LogP contribution < -0.4 is 5.73 Å². The number of alkyl halides is 3. The van der Waals surface area contributed by atoms with Gasteiger partial charge in [-0.1, -0.05) is 13.8 Å². The Bertz CT molecular complexity index is 1810. The predicted molar refractivity (Wildman–Crippen MR) is 163 cm³/mol. The van der Waals surface area contributed by atoms with Crippen molar-refractivity contribution < 1.29 is 36.6 Å². The average Bonchev–Trinajstić information content (AvgIpc) is 3.89. The maximum Gasteiger partial charge on any atom is 0.418 e. The number of pyridine rings is 2. The lowest BCUT2D eigenvalue weighted by Crippen LogP contribution is -2.47. The number of fused-ring (bicyclic) bond motifs is 2. The molecular formula is C33H38F4N6O4.